The van der Waals surface area contributed by atoms with E-state index in [0.29, 0.717) is 5.52 Å². The zero-order valence-corrected chi connectivity index (χ0v) is 17.8. The van der Waals surface area contributed by atoms with Crippen molar-refractivity contribution in [2.45, 2.75) is 45.3 Å². The lowest BCUT2D eigenvalue weighted by molar-refractivity contribution is -0.166. The van der Waals surface area contributed by atoms with Gasteiger partial charge in [-0.3, -0.25) is 23.8 Å². The molecular weight excluding hydrogens is 438 g/mol. The van der Waals surface area contributed by atoms with E-state index in [9.17, 15) is 14.4 Å². The van der Waals surface area contributed by atoms with Crippen molar-refractivity contribution in [1.29, 1.82) is 0 Å². The van der Waals surface area contributed by atoms with E-state index in [4.69, 9.17) is 35.4 Å². The van der Waals surface area contributed by atoms with Crippen LogP contribution in [0.1, 0.15) is 27.0 Å². The van der Waals surface area contributed by atoms with E-state index < -0.39 is 42.4 Å². The predicted octanol–water partition coefficient (Wildman–Crippen LogP) is 0.777. The minimum Gasteiger partial charge on any atom is -0.463 e. The summed E-state index contributed by atoms with van der Waals surface area (Å²) in [6, 6.07) is 0. The summed E-state index contributed by atoms with van der Waals surface area (Å²) in [5.74, 6) is -1.62. The van der Waals surface area contributed by atoms with E-state index >= 15 is 0 Å². The maximum absolute atomic E-state index is 11.8. The van der Waals surface area contributed by atoms with Crippen LogP contribution < -0.4 is 5.48 Å². The molecule has 0 radical (unpaired) electrons. The minimum atomic E-state index is -1.09. The first-order valence-corrected chi connectivity index (χ1v) is 9.41. The van der Waals surface area contributed by atoms with E-state index in [2.05, 4.69) is 20.4 Å². The molecule has 0 aromatic carbocycles. The quantitative estimate of drug-likeness (QED) is 0.270. The fourth-order valence-corrected chi connectivity index (χ4v) is 3.33. The van der Waals surface area contributed by atoms with Crippen molar-refractivity contribution < 1.29 is 38.2 Å². The maximum atomic E-state index is 11.8. The zero-order valence-electron chi connectivity index (χ0n) is 17.0. The Balaban J connectivity index is 2.05. The number of carbonyl (C=O) groups excluding carboxylic acids is 3. The van der Waals surface area contributed by atoms with Crippen LogP contribution in [-0.2, 0) is 38.2 Å². The number of halogens is 1. The summed E-state index contributed by atoms with van der Waals surface area (Å²) in [4.78, 5) is 52.0. The molecule has 1 N–H and O–H groups in total. The Bertz CT molecular complexity index is 998. The van der Waals surface area contributed by atoms with E-state index in [-0.39, 0.29) is 23.4 Å². The molecule has 0 amide bonds. The lowest BCUT2D eigenvalue weighted by Gasteiger charge is -2.23. The number of imidazole rings is 1. The van der Waals surface area contributed by atoms with Gasteiger partial charge >= 0.3 is 17.9 Å². The van der Waals surface area contributed by atoms with Crippen molar-refractivity contribution in [2.75, 3.05) is 19.2 Å². The number of nitrogens with one attached hydrogen (secondary N) is 1. The summed E-state index contributed by atoms with van der Waals surface area (Å²) in [6.45, 7) is 3.39. The van der Waals surface area contributed by atoms with Gasteiger partial charge in [0.2, 0.25) is 5.28 Å². The molecule has 168 valence electrons. The highest BCUT2D eigenvalue weighted by Crippen LogP contribution is 2.36. The third kappa shape index (κ3) is 5.00. The number of aromatic nitrogens is 4. The van der Waals surface area contributed by atoms with Gasteiger partial charge in [0, 0.05) is 20.8 Å². The fourth-order valence-electron chi connectivity index (χ4n) is 3.16. The molecule has 31 heavy (non-hydrogen) atoms. The highest BCUT2D eigenvalue weighted by Gasteiger charge is 2.51. The van der Waals surface area contributed by atoms with Gasteiger partial charge in [0.05, 0.1) is 13.4 Å². The number of rotatable bonds is 7. The molecule has 14 heteroatoms. The summed E-state index contributed by atoms with van der Waals surface area (Å²) in [7, 11) is 1.39. The second-order valence-electron chi connectivity index (χ2n) is 6.49. The van der Waals surface area contributed by atoms with Gasteiger partial charge in [-0.1, -0.05) is 0 Å². The summed E-state index contributed by atoms with van der Waals surface area (Å²) in [6.07, 6.45) is -2.73. The monoisotopic (exact) mass is 457 g/mol. The van der Waals surface area contributed by atoms with Crippen molar-refractivity contribution in [1.82, 2.24) is 19.5 Å². The minimum absolute atomic E-state index is 0.108. The number of fused-ring (bicyclic) bond motifs is 1. The number of nitrogens with zero attached hydrogens (tertiary/aromatic N) is 4. The topological polar surface area (TPSA) is 153 Å². The third-order valence-electron chi connectivity index (χ3n) is 4.21. The molecule has 13 nitrogen and oxygen atoms in total. The van der Waals surface area contributed by atoms with Gasteiger partial charge in [-0.25, -0.2) is 10.5 Å². The van der Waals surface area contributed by atoms with Gasteiger partial charge < -0.3 is 18.9 Å². The van der Waals surface area contributed by atoms with E-state index in [1.54, 1.807) is 0 Å². The van der Waals surface area contributed by atoms with Crippen molar-refractivity contribution >= 4 is 46.5 Å². The van der Waals surface area contributed by atoms with Crippen LogP contribution in [0.3, 0.4) is 0 Å². The normalized spacial score (nSPS) is 22.9. The molecule has 1 fully saturated rings. The first-order valence-electron chi connectivity index (χ1n) is 9.03. The van der Waals surface area contributed by atoms with E-state index in [1.165, 1.54) is 38.8 Å². The number of hydrogen-bond donors (Lipinski definition) is 1. The molecule has 2 aromatic rings. The zero-order chi connectivity index (χ0) is 22.7. The Morgan fingerprint density at radius 1 is 1.13 bits per heavy atom. The van der Waals surface area contributed by atoms with Gasteiger partial charge in [-0.15, -0.1) is 0 Å². The Labute approximate surface area is 180 Å². The lowest BCUT2D eigenvalue weighted by Crippen LogP contribution is -2.40. The maximum Gasteiger partial charge on any atom is 0.303 e. The molecule has 1 aliphatic rings. The van der Waals surface area contributed by atoms with Crippen molar-refractivity contribution in [3.8, 4) is 0 Å². The number of anilines is 1. The molecule has 1 saturated heterocycles. The largest absolute Gasteiger partial charge is 0.463 e. The van der Waals surface area contributed by atoms with Crippen LogP contribution in [0.4, 0.5) is 5.82 Å². The first-order chi connectivity index (χ1) is 14.7. The third-order valence-corrected chi connectivity index (χ3v) is 4.38. The van der Waals surface area contributed by atoms with Crippen molar-refractivity contribution in [3.63, 3.8) is 0 Å². The Morgan fingerprint density at radius 3 is 2.42 bits per heavy atom. The van der Waals surface area contributed by atoms with Crippen molar-refractivity contribution in [2.24, 2.45) is 0 Å². The standard InChI is InChI=1S/C17H20ClN5O8/c1-7(24)28-5-10-12(29-8(2)25)13(30-9(3)26)16(31-10)23-6-19-11-14(22-27-4)20-17(18)21-15(11)23/h6,10,12-13,16H,5H2,1-4H3,(H,20,21,22)/t10-,12-,13-,16-/m1/s1. The SMILES string of the molecule is CONc1nc(Cl)nc2c1ncn2[C@@H]1O[C@H](COC(C)=O)[C@@H](OC(C)=O)[C@H]1OC(C)=O. The van der Waals surface area contributed by atoms with E-state index in [1.807, 2.05) is 0 Å². The average Bonchev–Trinajstić information content (AvgIpc) is 3.21. The number of carbonyl (C=O) groups is 3. The summed E-state index contributed by atoms with van der Waals surface area (Å²) in [5.41, 5.74) is 3.08. The molecule has 3 heterocycles. The summed E-state index contributed by atoms with van der Waals surface area (Å²) < 4.78 is 23.2. The van der Waals surface area contributed by atoms with Crippen LogP contribution in [0.25, 0.3) is 11.2 Å². The van der Waals surface area contributed by atoms with Crippen LogP contribution in [0.15, 0.2) is 6.33 Å². The summed E-state index contributed by atoms with van der Waals surface area (Å²) >= 11 is 6.01. The summed E-state index contributed by atoms with van der Waals surface area (Å²) in [5, 5.41) is -0.108. The van der Waals surface area contributed by atoms with Crippen LogP contribution in [0, 0.1) is 0 Å². The number of esters is 3. The van der Waals surface area contributed by atoms with Gasteiger partial charge in [0.15, 0.2) is 35.4 Å². The molecule has 4 atom stereocenters. The van der Waals surface area contributed by atoms with Gasteiger partial charge in [-0.05, 0) is 11.6 Å². The second kappa shape index (κ2) is 9.41. The molecule has 0 bridgehead atoms. The molecular formula is C17H20ClN5O8. The Morgan fingerprint density at radius 2 is 1.81 bits per heavy atom. The highest BCUT2D eigenvalue weighted by molar-refractivity contribution is 6.28. The molecule has 2 aromatic heterocycles. The van der Waals surface area contributed by atoms with Crippen LogP contribution in [0.5, 0.6) is 0 Å². The molecule has 0 spiro atoms. The Kier molecular flexibility index (Phi) is 6.87. The van der Waals surface area contributed by atoms with Crippen LogP contribution in [0.2, 0.25) is 5.28 Å². The molecule has 3 rings (SSSR count). The average molecular weight is 458 g/mol. The smallest absolute Gasteiger partial charge is 0.303 e. The van der Waals surface area contributed by atoms with Gasteiger partial charge in [0.25, 0.3) is 0 Å². The van der Waals surface area contributed by atoms with Crippen LogP contribution >= 0.6 is 11.6 Å². The fraction of sp³-hybridized carbons (Fsp3) is 0.529. The number of hydrogen-bond acceptors (Lipinski definition) is 12. The molecule has 0 aliphatic carbocycles. The lowest BCUT2D eigenvalue weighted by atomic mass is 10.1. The molecule has 1 aliphatic heterocycles. The molecule has 0 unspecified atom stereocenters. The van der Waals surface area contributed by atoms with Gasteiger partial charge in [0.1, 0.15) is 12.7 Å². The van der Waals surface area contributed by atoms with Crippen LogP contribution in [-0.4, -0.2) is 69.5 Å². The first kappa shape index (κ1) is 22.7. The number of ether oxygens (including phenoxy) is 4. The highest BCUT2D eigenvalue weighted by atomic mass is 35.5. The Hall–Kier alpha value is -3.03. The molecule has 0 saturated carbocycles. The van der Waals surface area contributed by atoms with Crippen molar-refractivity contribution in [3.05, 3.63) is 11.6 Å². The second-order valence-corrected chi connectivity index (χ2v) is 6.83. The van der Waals surface area contributed by atoms with Gasteiger partial charge in [-0.2, -0.15) is 9.97 Å². The predicted molar refractivity (Wildman–Crippen MR) is 103 cm³/mol. The van der Waals surface area contributed by atoms with E-state index in [0.717, 1.165) is 0 Å².